The molecule has 0 aromatic rings. The first kappa shape index (κ1) is 78.6. The van der Waals surface area contributed by atoms with E-state index in [4.69, 9.17) is 14.2 Å². The normalized spacial score (nSPS) is 19.1. The highest BCUT2D eigenvalue weighted by Crippen LogP contribution is 2.26. The molecule has 1 aliphatic heterocycles. The number of carbonyl (C=O) groups excluding carboxylic acids is 2. The lowest BCUT2D eigenvalue weighted by molar-refractivity contribution is -0.305. The minimum atomic E-state index is -1.64. The fourth-order valence-electron chi connectivity index (χ4n) is 10.3. The Balaban J connectivity index is 2.63. The molecule has 8 unspecified atom stereocenters. The van der Waals surface area contributed by atoms with Crippen molar-refractivity contribution in [1.29, 1.82) is 0 Å². The molecule has 11 nitrogen and oxygen atoms in total. The molecule has 0 spiro atoms. The highest BCUT2D eigenvalue weighted by Gasteiger charge is 2.47. The van der Waals surface area contributed by atoms with Crippen LogP contribution < -0.4 is 5.32 Å². The van der Waals surface area contributed by atoms with Crippen LogP contribution in [0.5, 0.6) is 0 Å². The molecule has 1 fully saturated rings. The second-order valence-corrected chi connectivity index (χ2v) is 23.5. The number of esters is 1. The predicted molar refractivity (Wildman–Crippen MR) is 352 cm³/mol. The van der Waals surface area contributed by atoms with Gasteiger partial charge in [-0.1, -0.05) is 279 Å². The average molecular weight is 1180 g/mol. The maximum atomic E-state index is 13.5. The fraction of sp³-hybridized carbons (Fsp3) is 0.753. The largest absolute Gasteiger partial charge is 0.454 e. The molecule has 11 heteroatoms. The number of hydrogen-bond acceptors (Lipinski definition) is 10. The van der Waals surface area contributed by atoms with Crippen LogP contribution in [0.2, 0.25) is 0 Å². The lowest BCUT2D eigenvalue weighted by Gasteiger charge is -2.41. The van der Waals surface area contributed by atoms with E-state index in [0.717, 1.165) is 89.9 Å². The Morgan fingerprint density at radius 2 is 0.857 bits per heavy atom. The molecule has 0 aromatic carbocycles. The number of rotatable bonds is 58. The highest BCUT2D eigenvalue weighted by atomic mass is 16.7. The summed E-state index contributed by atoms with van der Waals surface area (Å²) in [5.74, 6) is -1.24. The van der Waals surface area contributed by atoms with E-state index in [0.29, 0.717) is 12.8 Å². The summed E-state index contributed by atoms with van der Waals surface area (Å²) >= 11 is 0. The Bertz CT molecular complexity index is 1740. The Labute approximate surface area is 514 Å². The third-order valence-electron chi connectivity index (χ3n) is 15.7. The van der Waals surface area contributed by atoms with Crippen molar-refractivity contribution < 1.29 is 49.3 Å². The number of aliphatic hydroxyl groups is 5. The lowest BCUT2D eigenvalue weighted by atomic mass is 9.99. The zero-order valence-corrected chi connectivity index (χ0v) is 53.7. The SMILES string of the molecule is CC/C=C\C/C=C\C/C=C\C/C=C\C/C=C\C/C=C\CCCCC(=O)OC1C(OCC(NC(=O)C(O)CCCCCCCCCCCCCC/C=C/CCCCCCCC)C(O)/C=C/CCCCCCCCCCCC)OC(CO)C(O)C1O. The fourth-order valence-corrected chi connectivity index (χ4v) is 10.3. The van der Waals surface area contributed by atoms with Gasteiger partial charge >= 0.3 is 5.97 Å². The van der Waals surface area contributed by atoms with Gasteiger partial charge in [0.2, 0.25) is 5.91 Å². The van der Waals surface area contributed by atoms with Crippen LogP contribution >= 0.6 is 0 Å². The van der Waals surface area contributed by atoms with Gasteiger partial charge in [-0.3, -0.25) is 9.59 Å². The number of nitrogens with one attached hydrogen (secondary N) is 1. The van der Waals surface area contributed by atoms with E-state index in [2.05, 4.69) is 111 Å². The zero-order valence-electron chi connectivity index (χ0n) is 53.7. The van der Waals surface area contributed by atoms with Crippen LogP contribution in [0.1, 0.15) is 290 Å². The Kier molecular flexibility index (Phi) is 56.0. The molecule has 84 heavy (non-hydrogen) atoms. The van der Waals surface area contributed by atoms with Gasteiger partial charge in [-0.15, -0.1) is 0 Å². The Morgan fingerprint density at radius 1 is 0.476 bits per heavy atom. The number of amides is 1. The second-order valence-electron chi connectivity index (χ2n) is 23.5. The van der Waals surface area contributed by atoms with E-state index in [1.165, 1.54) is 154 Å². The monoisotopic (exact) mass is 1180 g/mol. The van der Waals surface area contributed by atoms with Crippen molar-refractivity contribution in [1.82, 2.24) is 5.32 Å². The van der Waals surface area contributed by atoms with Crippen molar-refractivity contribution in [3.63, 3.8) is 0 Å². The molecule has 0 saturated carbocycles. The standard InChI is InChI=1S/C73H127NO10/c1-4-7-10-13-16-19-22-25-27-29-31-33-35-36-38-40-42-45-48-51-54-57-60-66(77)72(81)74-64(65(76)59-56-53-50-47-44-24-21-18-15-12-9-6-3)63-82-73-71(70(80)69(79)67(62-75)83-73)84-68(78)61-58-55-52-49-46-43-41-39-37-34-32-30-28-26-23-20-17-14-11-8-5-2/h8,11,17,20,25-28,32,34,39,41,46,49,56,59,64-67,69-71,73,75-77,79-80H,4-7,9-10,12-16,18-19,21-24,29-31,33,35-38,40,42-45,47-48,50-55,57-58,60-63H2,1-3H3,(H,74,81)/b11-8-,20-17-,27-25+,28-26-,34-32-,41-39-,49-46-,59-56+. The molecule has 0 bridgehead atoms. The molecule has 1 rings (SSSR count). The summed E-state index contributed by atoms with van der Waals surface area (Å²) in [5, 5.41) is 57.2. The molecule has 1 saturated heterocycles. The highest BCUT2D eigenvalue weighted by molar-refractivity contribution is 5.80. The Morgan fingerprint density at radius 3 is 1.30 bits per heavy atom. The quantitative estimate of drug-likeness (QED) is 0.0195. The summed E-state index contributed by atoms with van der Waals surface area (Å²) in [6.45, 7) is 5.67. The van der Waals surface area contributed by atoms with Gasteiger partial charge in [-0.05, 0) is 103 Å². The van der Waals surface area contributed by atoms with Gasteiger partial charge in [0.15, 0.2) is 12.4 Å². The first-order chi connectivity index (χ1) is 41.2. The van der Waals surface area contributed by atoms with Crippen LogP contribution in [-0.2, 0) is 23.8 Å². The van der Waals surface area contributed by atoms with E-state index < -0.39 is 67.4 Å². The molecule has 0 aliphatic carbocycles. The molecular formula is C73H127NO10. The van der Waals surface area contributed by atoms with E-state index in [1.54, 1.807) is 6.08 Å². The topological polar surface area (TPSA) is 175 Å². The molecule has 1 aliphatic rings. The second kappa shape index (κ2) is 59.9. The van der Waals surface area contributed by atoms with Gasteiger partial charge in [0.1, 0.15) is 24.4 Å². The third-order valence-corrected chi connectivity index (χ3v) is 15.7. The summed E-state index contributed by atoms with van der Waals surface area (Å²) in [5.41, 5.74) is 0. The first-order valence-electron chi connectivity index (χ1n) is 34.5. The van der Waals surface area contributed by atoms with Crippen LogP contribution in [0.25, 0.3) is 0 Å². The molecular weight excluding hydrogens is 1050 g/mol. The molecule has 0 radical (unpaired) electrons. The smallest absolute Gasteiger partial charge is 0.306 e. The van der Waals surface area contributed by atoms with E-state index in [-0.39, 0.29) is 19.4 Å². The van der Waals surface area contributed by atoms with Crippen LogP contribution in [-0.4, -0.2) is 99.6 Å². The number of allylic oxidation sites excluding steroid dienone is 15. The van der Waals surface area contributed by atoms with E-state index >= 15 is 0 Å². The Hall–Kier alpha value is -3.42. The summed E-state index contributed by atoms with van der Waals surface area (Å²) in [6.07, 6.45) is 70.2. The van der Waals surface area contributed by atoms with Crippen molar-refractivity contribution in [2.24, 2.45) is 0 Å². The van der Waals surface area contributed by atoms with Crippen LogP contribution in [0.4, 0.5) is 0 Å². The van der Waals surface area contributed by atoms with Crippen molar-refractivity contribution >= 4 is 11.9 Å². The van der Waals surface area contributed by atoms with Crippen LogP contribution in [0, 0.1) is 0 Å². The van der Waals surface area contributed by atoms with Gasteiger partial charge in [-0.25, -0.2) is 0 Å². The molecule has 8 atom stereocenters. The molecule has 6 N–H and O–H groups in total. The number of hydrogen-bond donors (Lipinski definition) is 6. The minimum absolute atomic E-state index is 0.0648. The zero-order chi connectivity index (χ0) is 61.0. The number of carbonyl (C=O) groups is 2. The minimum Gasteiger partial charge on any atom is -0.454 e. The van der Waals surface area contributed by atoms with Gasteiger partial charge in [-0.2, -0.15) is 0 Å². The van der Waals surface area contributed by atoms with Crippen LogP contribution in [0.15, 0.2) is 97.2 Å². The molecule has 0 aromatic heterocycles. The van der Waals surface area contributed by atoms with Gasteiger partial charge < -0.3 is 45.1 Å². The molecule has 1 amide bonds. The van der Waals surface area contributed by atoms with Crippen LogP contribution in [0.3, 0.4) is 0 Å². The van der Waals surface area contributed by atoms with Gasteiger partial charge in [0.05, 0.1) is 25.4 Å². The maximum absolute atomic E-state index is 13.5. The molecule has 484 valence electrons. The number of unbranched alkanes of at least 4 members (excludes halogenated alkanes) is 30. The summed E-state index contributed by atoms with van der Waals surface area (Å²) in [6, 6.07) is -1.04. The number of ether oxygens (including phenoxy) is 3. The number of aliphatic hydroxyl groups excluding tert-OH is 5. The van der Waals surface area contributed by atoms with Crippen molar-refractivity contribution in [3.8, 4) is 0 Å². The lowest BCUT2D eigenvalue weighted by Crippen LogP contribution is -2.61. The average Bonchev–Trinajstić information content (AvgIpc) is 3.69. The van der Waals surface area contributed by atoms with Crippen molar-refractivity contribution in [2.75, 3.05) is 13.2 Å². The van der Waals surface area contributed by atoms with Gasteiger partial charge in [0.25, 0.3) is 0 Å². The summed E-state index contributed by atoms with van der Waals surface area (Å²) in [4.78, 5) is 26.6. The predicted octanol–water partition coefficient (Wildman–Crippen LogP) is 17.5. The first-order valence-corrected chi connectivity index (χ1v) is 34.5. The van der Waals surface area contributed by atoms with E-state index in [1.807, 2.05) is 6.08 Å². The summed E-state index contributed by atoms with van der Waals surface area (Å²) in [7, 11) is 0. The van der Waals surface area contributed by atoms with Crippen molar-refractivity contribution in [3.05, 3.63) is 97.2 Å². The van der Waals surface area contributed by atoms with Gasteiger partial charge in [0, 0.05) is 6.42 Å². The maximum Gasteiger partial charge on any atom is 0.306 e. The summed E-state index contributed by atoms with van der Waals surface area (Å²) < 4.78 is 17.6. The van der Waals surface area contributed by atoms with E-state index in [9.17, 15) is 35.1 Å². The third kappa shape index (κ3) is 46.8. The molecule has 1 heterocycles. The van der Waals surface area contributed by atoms with Crippen molar-refractivity contribution in [2.45, 2.75) is 339 Å².